The molecule has 22 heavy (non-hydrogen) atoms. The number of ether oxygens (including phenoxy) is 3. The highest BCUT2D eigenvalue weighted by atomic mass is 16.6. The van der Waals surface area contributed by atoms with Gasteiger partial charge in [0, 0.05) is 13.1 Å². The molecular formula is C15H17NO6. The molecule has 0 unspecified atom stereocenters. The molecule has 0 radical (unpaired) electrons. The number of hydrogen-bond donors (Lipinski definition) is 0. The van der Waals surface area contributed by atoms with Gasteiger partial charge in [0.1, 0.15) is 5.75 Å². The summed E-state index contributed by atoms with van der Waals surface area (Å²) in [5, 5.41) is 0. The van der Waals surface area contributed by atoms with E-state index >= 15 is 0 Å². The van der Waals surface area contributed by atoms with Crippen molar-refractivity contribution in [1.82, 2.24) is 4.90 Å². The van der Waals surface area contributed by atoms with Crippen LogP contribution in [0.2, 0.25) is 0 Å². The van der Waals surface area contributed by atoms with E-state index in [1.807, 2.05) is 0 Å². The Morgan fingerprint density at radius 3 is 2.64 bits per heavy atom. The average molecular weight is 307 g/mol. The van der Waals surface area contributed by atoms with Crippen LogP contribution in [-0.4, -0.2) is 62.6 Å². The smallest absolute Gasteiger partial charge is 0.344 e. The first kappa shape index (κ1) is 16.0. The Labute approximate surface area is 127 Å². The van der Waals surface area contributed by atoms with Gasteiger partial charge < -0.3 is 19.1 Å². The second-order valence-electron chi connectivity index (χ2n) is 4.60. The van der Waals surface area contributed by atoms with Crippen molar-refractivity contribution in [2.24, 2.45) is 0 Å². The zero-order chi connectivity index (χ0) is 15.8. The lowest BCUT2D eigenvalue weighted by Crippen LogP contribution is -2.42. The highest BCUT2D eigenvalue weighted by Gasteiger charge is 2.18. The topological polar surface area (TPSA) is 82.1 Å². The molecule has 1 aliphatic rings. The molecule has 7 heteroatoms. The number of rotatable bonds is 6. The molecule has 1 fully saturated rings. The van der Waals surface area contributed by atoms with E-state index in [0.29, 0.717) is 43.9 Å². The van der Waals surface area contributed by atoms with Gasteiger partial charge in [0.05, 0.1) is 18.8 Å². The SMILES string of the molecule is O=Cc1ccccc1OCC(=O)OCC(=O)N1CCOCC1. The number of amides is 1. The first-order valence-corrected chi connectivity index (χ1v) is 6.89. The second kappa shape index (κ2) is 8.14. The van der Waals surface area contributed by atoms with Crippen LogP contribution in [-0.2, 0) is 19.1 Å². The molecule has 0 bridgehead atoms. The Morgan fingerprint density at radius 2 is 1.91 bits per heavy atom. The Bertz CT molecular complexity index is 539. The van der Waals surface area contributed by atoms with Crippen LogP contribution in [0.15, 0.2) is 24.3 Å². The third kappa shape index (κ3) is 4.56. The number of aldehydes is 1. The van der Waals surface area contributed by atoms with E-state index in [1.54, 1.807) is 29.2 Å². The monoisotopic (exact) mass is 307 g/mol. The molecule has 7 nitrogen and oxygen atoms in total. The van der Waals surface area contributed by atoms with E-state index < -0.39 is 5.97 Å². The summed E-state index contributed by atoms with van der Waals surface area (Å²) in [5.74, 6) is -0.624. The predicted octanol–water partition coefficient (Wildman–Crippen LogP) is 0.280. The number of esters is 1. The Kier molecular flexibility index (Phi) is 5.91. The fourth-order valence-corrected chi connectivity index (χ4v) is 1.93. The predicted molar refractivity (Wildman–Crippen MR) is 75.7 cm³/mol. The van der Waals surface area contributed by atoms with E-state index in [9.17, 15) is 14.4 Å². The van der Waals surface area contributed by atoms with E-state index in [4.69, 9.17) is 14.2 Å². The molecule has 1 aliphatic heterocycles. The zero-order valence-corrected chi connectivity index (χ0v) is 12.0. The third-order valence-electron chi connectivity index (χ3n) is 3.11. The minimum absolute atomic E-state index is 0.259. The van der Waals surface area contributed by atoms with Crippen LogP contribution in [0.4, 0.5) is 0 Å². The van der Waals surface area contributed by atoms with Gasteiger partial charge in [-0.05, 0) is 12.1 Å². The van der Waals surface area contributed by atoms with E-state index in [1.165, 1.54) is 0 Å². The first-order valence-electron chi connectivity index (χ1n) is 6.89. The van der Waals surface area contributed by atoms with Gasteiger partial charge in [-0.1, -0.05) is 12.1 Å². The molecule has 1 aromatic rings. The molecule has 1 aromatic carbocycles. The number of carbonyl (C=O) groups excluding carboxylic acids is 3. The summed E-state index contributed by atoms with van der Waals surface area (Å²) >= 11 is 0. The quantitative estimate of drug-likeness (QED) is 0.554. The van der Waals surface area contributed by atoms with Crippen molar-refractivity contribution in [2.45, 2.75) is 0 Å². The lowest BCUT2D eigenvalue weighted by Gasteiger charge is -2.26. The van der Waals surface area contributed by atoms with Crippen molar-refractivity contribution in [3.8, 4) is 5.75 Å². The molecule has 1 amide bonds. The average Bonchev–Trinajstić information content (AvgIpc) is 2.58. The maximum Gasteiger partial charge on any atom is 0.344 e. The van der Waals surface area contributed by atoms with Gasteiger partial charge in [-0.25, -0.2) is 4.79 Å². The van der Waals surface area contributed by atoms with Crippen molar-refractivity contribution >= 4 is 18.2 Å². The molecule has 0 aliphatic carbocycles. The van der Waals surface area contributed by atoms with Crippen molar-refractivity contribution in [2.75, 3.05) is 39.5 Å². The fraction of sp³-hybridized carbons (Fsp3) is 0.400. The van der Waals surface area contributed by atoms with Crippen molar-refractivity contribution in [3.05, 3.63) is 29.8 Å². The van der Waals surface area contributed by atoms with Crippen LogP contribution < -0.4 is 4.74 Å². The van der Waals surface area contributed by atoms with Gasteiger partial charge >= 0.3 is 5.97 Å². The highest BCUT2D eigenvalue weighted by molar-refractivity contribution is 5.82. The second-order valence-corrected chi connectivity index (χ2v) is 4.60. The normalized spacial score (nSPS) is 14.3. The standard InChI is InChI=1S/C15H17NO6/c17-9-12-3-1-2-4-13(12)21-11-15(19)22-10-14(18)16-5-7-20-8-6-16/h1-4,9H,5-8,10-11H2. The molecule has 118 valence electrons. The summed E-state index contributed by atoms with van der Waals surface area (Å²) in [4.78, 5) is 35.7. The minimum atomic E-state index is -0.665. The number of carbonyl (C=O) groups is 3. The zero-order valence-electron chi connectivity index (χ0n) is 12.0. The van der Waals surface area contributed by atoms with Gasteiger partial charge in [-0.15, -0.1) is 0 Å². The molecule has 0 saturated carbocycles. The number of morpholine rings is 1. The fourth-order valence-electron chi connectivity index (χ4n) is 1.93. The Morgan fingerprint density at radius 1 is 1.18 bits per heavy atom. The van der Waals surface area contributed by atoms with Crippen LogP contribution in [0, 0.1) is 0 Å². The number of nitrogens with zero attached hydrogens (tertiary/aromatic N) is 1. The van der Waals surface area contributed by atoms with Crippen molar-refractivity contribution in [1.29, 1.82) is 0 Å². The summed E-state index contributed by atoms with van der Waals surface area (Å²) in [5.41, 5.74) is 0.347. The summed E-state index contributed by atoms with van der Waals surface area (Å²) < 4.78 is 15.2. The molecule has 0 N–H and O–H groups in total. The summed E-state index contributed by atoms with van der Waals surface area (Å²) in [6, 6.07) is 6.54. The number of para-hydroxylation sites is 1. The van der Waals surface area contributed by atoms with Crippen LogP contribution in [0.5, 0.6) is 5.75 Å². The highest BCUT2D eigenvalue weighted by Crippen LogP contribution is 2.15. The lowest BCUT2D eigenvalue weighted by atomic mass is 10.2. The molecule has 1 saturated heterocycles. The van der Waals surface area contributed by atoms with Gasteiger partial charge in [-0.2, -0.15) is 0 Å². The number of hydrogen-bond acceptors (Lipinski definition) is 6. The Hall–Kier alpha value is -2.41. The van der Waals surface area contributed by atoms with Crippen molar-refractivity contribution < 1.29 is 28.6 Å². The van der Waals surface area contributed by atoms with E-state index in [2.05, 4.69) is 0 Å². The van der Waals surface area contributed by atoms with Gasteiger partial charge in [0.2, 0.25) is 0 Å². The van der Waals surface area contributed by atoms with Crippen LogP contribution >= 0.6 is 0 Å². The maximum absolute atomic E-state index is 11.8. The largest absolute Gasteiger partial charge is 0.481 e. The summed E-state index contributed by atoms with van der Waals surface area (Å²) in [6.07, 6.45) is 0.641. The summed E-state index contributed by atoms with van der Waals surface area (Å²) in [6.45, 7) is 1.30. The van der Waals surface area contributed by atoms with Crippen LogP contribution in [0.1, 0.15) is 10.4 Å². The molecule has 1 heterocycles. The van der Waals surface area contributed by atoms with Crippen LogP contribution in [0.25, 0.3) is 0 Å². The summed E-state index contributed by atoms with van der Waals surface area (Å²) in [7, 11) is 0. The van der Waals surface area contributed by atoms with Gasteiger partial charge in [-0.3, -0.25) is 9.59 Å². The molecule has 0 atom stereocenters. The minimum Gasteiger partial charge on any atom is -0.481 e. The third-order valence-corrected chi connectivity index (χ3v) is 3.11. The molecule has 0 spiro atoms. The Balaban J connectivity index is 1.73. The number of benzene rings is 1. The first-order chi connectivity index (χ1) is 10.7. The lowest BCUT2D eigenvalue weighted by molar-refractivity contribution is -0.155. The maximum atomic E-state index is 11.8. The van der Waals surface area contributed by atoms with E-state index in [0.717, 1.165) is 0 Å². The van der Waals surface area contributed by atoms with Gasteiger partial charge in [0.15, 0.2) is 19.5 Å². The van der Waals surface area contributed by atoms with Crippen molar-refractivity contribution in [3.63, 3.8) is 0 Å². The molecular weight excluding hydrogens is 290 g/mol. The molecule has 2 rings (SSSR count). The van der Waals surface area contributed by atoms with E-state index in [-0.39, 0.29) is 19.1 Å². The molecule has 0 aromatic heterocycles. The van der Waals surface area contributed by atoms with Gasteiger partial charge in [0.25, 0.3) is 5.91 Å². The van der Waals surface area contributed by atoms with Crippen LogP contribution in [0.3, 0.4) is 0 Å².